The fourth-order valence-corrected chi connectivity index (χ4v) is 2.50. The Labute approximate surface area is 121 Å². The smallest absolute Gasteiger partial charge is 0.259 e. The van der Waals surface area contributed by atoms with E-state index in [-0.39, 0.29) is 17.4 Å². The fraction of sp³-hybridized carbons (Fsp3) is 0.727. The SMILES string of the molecule is CCNCCNS(=O)(=O)c1cn(CC(C)C)cn1.Cl. The minimum Gasteiger partial charge on any atom is -0.336 e. The maximum Gasteiger partial charge on any atom is 0.259 e. The van der Waals surface area contributed by atoms with Crippen LogP contribution in [0, 0.1) is 5.92 Å². The van der Waals surface area contributed by atoms with Gasteiger partial charge in [0.15, 0.2) is 5.03 Å². The highest BCUT2D eigenvalue weighted by atomic mass is 35.5. The predicted molar refractivity (Wildman–Crippen MR) is 78.0 cm³/mol. The van der Waals surface area contributed by atoms with Gasteiger partial charge in [0.1, 0.15) is 0 Å². The van der Waals surface area contributed by atoms with Crippen LogP contribution in [0.4, 0.5) is 0 Å². The van der Waals surface area contributed by atoms with Crippen LogP contribution < -0.4 is 10.0 Å². The van der Waals surface area contributed by atoms with Crippen molar-refractivity contribution < 1.29 is 8.42 Å². The Balaban J connectivity index is 0.00000324. The van der Waals surface area contributed by atoms with Gasteiger partial charge in [-0.2, -0.15) is 0 Å². The number of nitrogens with one attached hydrogen (secondary N) is 2. The van der Waals surface area contributed by atoms with Gasteiger partial charge in [-0.15, -0.1) is 12.4 Å². The van der Waals surface area contributed by atoms with Crippen molar-refractivity contribution in [3.63, 3.8) is 0 Å². The van der Waals surface area contributed by atoms with E-state index < -0.39 is 10.0 Å². The van der Waals surface area contributed by atoms with Crippen molar-refractivity contribution >= 4 is 22.4 Å². The molecule has 0 saturated carbocycles. The Morgan fingerprint density at radius 3 is 2.63 bits per heavy atom. The molecule has 0 aliphatic carbocycles. The lowest BCUT2D eigenvalue weighted by molar-refractivity contribution is 0.521. The van der Waals surface area contributed by atoms with Crippen LogP contribution in [0.3, 0.4) is 0 Å². The predicted octanol–water partition coefficient (Wildman–Crippen LogP) is 0.849. The van der Waals surface area contributed by atoms with E-state index in [4.69, 9.17) is 0 Å². The van der Waals surface area contributed by atoms with Gasteiger partial charge in [0.2, 0.25) is 0 Å². The zero-order valence-electron chi connectivity index (χ0n) is 11.6. The number of hydrogen-bond donors (Lipinski definition) is 2. The first-order chi connectivity index (χ1) is 8.45. The van der Waals surface area contributed by atoms with Crippen molar-refractivity contribution in [2.24, 2.45) is 5.92 Å². The number of likely N-dealkylation sites (N-methyl/N-ethyl adjacent to an activating group) is 1. The topological polar surface area (TPSA) is 76.0 Å². The molecule has 0 aliphatic rings. The summed E-state index contributed by atoms with van der Waals surface area (Å²) >= 11 is 0. The lowest BCUT2D eigenvalue weighted by Gasteiger charge is -2.05. The molecule has 6 nitrogen and oxygen atoms in total. The lowest BCUT2D eigenvalue weighted by atomic mass is 10.2. The second kappa shape index (κ2) is 8.52. The minimum atomic E-state index is -3.48. The number of sulfonamides is 1. The zero-order chi connectivity index (χ0) is 13.6. The quantitative estimate of drug-likeness (QED) is 0.698. The van der Waals surface area contributed by atoms with E-state index in [1.165, 1.54) is 0 Å². The summed E-state index contributed by atoms with van der Waals surface area (Å²) in [6, 6.07) is 0. The van der Waals surface area contributed by atoms with E-state index in [0.717, 1.165) is 13.1 Å². The van der Waals surface area contributed by atoms with Gasteiger partial charge in [-0.3, -0.25) is 0 Å². The Bertz CT molecular complexity index is 459. The molecule has 0 radical (unpaired) electrons. The average molecular weight is 311 g/mol. The lowest BCUT2D eigenvalue weighted by Crippen LogP contribution is -2.31. The van der Waals surface area contributed by atoms with Crippen LogP contribution in [0.25, 0.3) is 0 Å². The van der Waals surface area contributed by atoms with Gasteiger partial charge in [-0.1, -0.05) is 20.8 Å². The molecule has 8 heteroatoms. The Morgan fingerprint density at radius 2 is 2.05 bits per heavy atom. The zero-order valence-corrected chi connectivity index (χ0v) is 13.2. The van der Waals surface area contributed by atoms with Crippen LogP contribution in [0.15, 0.2) is 17.6 Å². The van der Waals surface area contributed by atoms with Crippen LogP contribution in [-0.2, 0) is 16.6 Å². The number of hydrogen-bond acceptors (Lipinski definition) is 4. The van der Waals surface area contributed by atoms with Crippen molar-refractivity contribution in [1.29, 1.82) is 0 Å². The van der Waals surface area contributed by atoms with Crippen molar-refractivity contribution in [3.8, 4) is 0 Å². The summed E-state index contributed by atoms with van der Waals surface area (Å²) in [6.45, 7) is 8.69. The van der Waals surface area contributed by atoms with Gasteiger partial charge in [0.25, 0.3) is 10.0 Å². The van der Waals surface area contributed by atoms with Crippen molar-refractivity contribution in [3.05, 3.63) is 12.5 Å². The average Bonchev–Trinajstić information content (AvgIpc) is 2.73. The summed E-state index contributed by atoms with van der Waals surface area (Å²) in [4.78, 5) is 3.93. The van der Waals surface area contributed by atoms with E-state index in [2.05, 4.69) is 28.9 Å². The Kier molecular flexibility index (Phi) is 8.24. The second-order valence-corrected chi connectivity index (χ2v) is 6.27. The van der Waals surface area contributed by atoms with Gasteiger partial charge in [-0.05, 0) is 12.5 Å². The number of aromatic nitrogens is 2. The third-order valence-corrected chi connectivity index (χ3v) is 3.65. The third-order valence-electron chi connectivity index (χ3n) is 2.30. The molecule has 1 aromatic rings. The molecular formula is C11H23ClN4O2S. The molecule has 2 N–H and O–H groups in total. The summed E-state index contributed by atoms with van der Waals surface area (Å²) in [6.07, 6.45) is 3.12. The molecule has 0 aromatic carbocycles. The maximum absolute atomic E-state index is 11.9. The summed E-state index contributed by atoms with van der Waals surface area (Å²) in [5.41, 5.74) is 0. The molecule has 0 amide bonds. The minimum absolute atomic E-state index is 0. The van der Waals surface area contributed by atoms with Crippen LogP contribution in [0.5, 0.6) is 0 Å². The van der Waals surface area contributed by atoms with Crippen molar-refractivity contribution in [2.45, 2.75) is 32.3 Å². The molecule has 0 saturated heterocycles. The molecule has 1 rings (SSSR count). The van der Waals surface area contributed by atoms with Crippen molar-refractivity contribution in [2.75, 3.05) is 19.6 Å². The number of rotatable bonds is 8. The van der Waals surface area contributed by atoms with E-state index in [0.29, 0.717) is 19.0 Å². The summed E-state index contributed by atoms with van der Waals surface area (Å²) in [7, 11) is -3.48. The number of nitrogens with zero attached hydrogens (tertiary/aromatic N) is 2. The van der Waals surface area contributed by atoms with Gasteiger partial charge in [-0.25, -0.2) is 18.1 Å². The molecule has 0 atom stereocenters. The summed E-state index contributed by atoms with van der Waals surface area (Å²) in [5.74, 6) is 0.455. The largest absolute Gasteiger partial charge is 0.336 e. The van der Waals surface area contributed by atoms with Gasteiger partial charge in [0.05, 0.1) is 6.33 Å². The van der Waals surface area contributed by atoms with Gasteiger partial charge >= 0.3 is 0 Å². The molecule has 112 valence electrons. The summed E-state index contributed by atoms with van der Waals surface area (Å²) in [5, 5.41) is 3.13. The number of imidazole rings is 1. The van der Waals surface area contributed by atoms with Gasteiger partial charge < -0.3 is 9.88 Å². The van der Waals surface area contributed by atoms with E-state index in [9.17, 15) is 8.42 Å². The van der Waals surface area contributed by atoms with E-state index in [1.54, 1.807) is 17.1 Å². The van der Waals surface area contributed by atoms with E-state index in [1.807, 2.05) is 6.92 Å². The highest BCUT2D eigenvalue weighted by Crippen LogP contribution is 2.06. The summed E-state index contributed by atoms with van der Waals surface area (Å²) < 4.78 is 28.1. The molecular weight excluding hydrogens is 288 g/mol. The van der Waals surface area contributed by atoms with Crippen LogP contribution in [0.2, 0.25) is 0 Å². The first kappa shape index (κ1) is 18.4. The highest BCUT2D eigenvalue weighted by molar-refractivity contribution is 7.89. The molecule has 0 aliphatic heterocycles. The molecule has 1 heterocycles. The maximum atomic E-state index is 11.9. The van der Waals surface area contributed by atoms with Crippen molar-refractivity contribution in [1.82, 2.24) is 19.6 Å². The van der Waals surface area contributed by atoms with Crippen LogP contribution in [-0.4, -0.2) is 37.6 Å². The second-order valence-electron chi connectivity index (χ2n) is 4.55. The normalized spacial score (nSPS) is 11.6. The monoisotopic (exact) mass is 310 g/mol. The van der Waals surface area contributed by atoms with Gasteiger partial charge in [0, 0.05) is 25.8 Å². The molecule has 0 bridgehead atoms. The van der Waals surface area contributed by atoms with E-state index >= 15 is 0 Å². The Morgan fingerprint density at radius 1 is 1.37 bits per heavy atom. The Hall–Kier alpha value is -0.630. The van der Waals surface area contributed by atoms with Crippen LogP contribution in [0.1, 0.15) is 20.8 Å². The first-order valence-corrected chi connectivity index (χ1v) is 7.66. The molecule has 1 aromatic heterocycles. The fourth-order valence-electron chi connectivity index (χ4n) is 1.52. The first-order valence-electron chi connectivity index (χ1n) is 6.18. The molecule has 0 spiro atoms. The molecule has 0 fully saturated rings. The molecule has 19 heavy (non-hydrogen) atoms. The number of halogens is 1. The third kappa shape index (κ3) is 6.38. The highest BCUT2D eigenvalue weighted by Gasteiger charge is 2.16. The standard InChI is InChI=1S/C11H22N4O2S.ClH/c1-4-12-5-6-14-18(16,17)11-8-15(9-13-11)7-10(2)3;/h8-10,12,14H,4-7H2,1-3H3;1H. The van der Waals surface area contributed by atoms with Crippen LogP contribution >= 0.6 is 12.4 Å². The molecule has 0 unspecified atom stereocenters.